The van der Waals surface area contributed by atoms with Crippen LogP contribution in [0.25, 0.3) is 0 Å². The van der Waals surface area contributed by atoms with Gasteiger partial charge in [-0.3, -0.25) is 9.59 Å². The Kier molecular flexibility index (Phi) is 4.92. The van der Waals surface area contributed by atoms with Gasteiger partial charge in [-0.25, -0.2) is 4.98 Å². The molecule has 0 saturated heterocycles. The highest BCUT2D eigenvalue weighted by Gasteiger charge is 2.17. The maximum Gasteiger partial charge on any atom is 0.267 e. The molecule has 6 heteroatoms. The van der Waals surface area contributed by atoms with Gasteiger partial charge in [0, 0.05) is 11.3 Å². The van der Waals surface area contributed by atoms with Crippen molar-refractivity contribution >= 4 is 28.8 Å². The number of anilines is 1. The Balaban J connectivity index is 2.26. The van der Waals surface area contributed by atoms with Crippen LogP contribution in [0.1, 0.15) is 49.6 Å². The number of carbonyl (C=O) groups excluding carboxylic acids is 2. The van der Waals surface area contributed by atoms with Crippen molar-refractivity contribution in [3.63, 3.8) is 0 Å². The van der Waals surface area contributed by atoms with E-state index in [9.17, 15) is 9.59 Å². The van der Waals surface area contributed by atoms with E-state index in [-0.39, 0.29) is 5.91 Å². The summed E-state index contributed by atoms with van der Waals surface area (Å²) in [5, 5.41) is 3.81. The molecule has 22 heavy (non-hydrogen) atoms. The van der Waals surface area contributed by atoms with Gasteiger partial charge < -0.3 is 11.1 Å². The third kappa shape index (κ3) is 3.33. The molecule has 0 radical (unpaired) electrons. The van der Waals surface area contributed by atoms with Crippen LogP contribution >= 0.6 is 11.3 Å². The zero-order valence-electron chi connectivity index (χ0n) is 12.9. The topological polar surface area (TPSA) is 85.1 Å². The van der Waals surface area contributed by atoms with Gasteiger partial charge in [-0.2, -0.15) is 0 Å². The molecule has 0 aliphatic heterocycles. The zero-order chi connectivity index (χ0) is 16.3. The Labute approximate surface area is 133 Å². The maximum atomic E-state index is 12.4. The molecule has 0 saturated carbocycles. The number of carbonyl (C=O) groups is 2. The summed E-state index contributed by atoms with van der Waals surface area (Å²) < 4.78 is 0. The molecule has 0 unspecified atom stereocenters. The van der Waals surface area contributed by atoms with Crippen LogP contribution in [0.3, 0.4) is 0 Å². The molecule has 2 amide bonds. The van der Waals surface area contributed by atoms with E-state index in [0.29, 0.717) is 21.7 Å². The van der Waals surface area contributed by atoms with E-state index in [1.54, 1.807) is 25.1 Å². The second kappa shape index (κ2) is 6.70. The molecule has 0 bridgehead atoms. The lowest BCUT2D eigenvalue weighted by atomic mass is 10.1. The van der Waals surface area contributed by atoms with E-state index in [1.807, 2.05) is 6.92 Å². The summed E-state index contributed by atoms with van der Waals surface area (Å²) in [4.78, 5) is 28.8. The smallest absolute Gasteiger partial charge is 0.267 e. The number of rotatable bonds is 5. The largest absolute Gasteiger partial charge is 0.366 e. The molecule has 0 spiro atoms. The van der Waals surface area contributed by atoms with E-state index >= 15 is 0 Å². The van der Waals surface area contributed by atoms with Crippen molar-refractivity contribution in [3.8, 4) is 0 Å². The third-order valence-electron chi connectivity index (χ3n) is 3.36. The number of nitrogens with one attached hydrogen (secondary N) is 1. The Morgan fingerprint density at radius 2 is 2.05 bits per heavy atom. The summed E-state index contributed by atoms with van der Waals surface area (Å²) >= 11 is 1.41. The summed E-state index contributed by atoms with van der Waals surface area (Å²) in [6.45, 7) is 5.67. The van der Waals surface area contributed by atoms with E-state index in [4.69, 9.17) is 5.73 Å². The number of aromatic nitrogens is 1. The minimum atomic E-state index is -0.507. The summed E-state index contributed by atoms with van der Waals surface area (Å²) in [6.07, 6.45) is 1.86. The van der Waals surface area contributed by atoms with Crippen molar-refractivity contribution in [1.82, 2.24) is 4.98 Å². The van der Waals surface area contributed by atoms with Crippen molar-refractivity contribution in [2.45, 2.75) is 33.6 Å². The fourth-order valence-electron chi connectivity index (χ4n) is 2.20. The SMILES string of the molecule is CCCc1nc(C)c(C(=O)Nc2cccc(C(N)=O)c2C)s1. The first-order chi connectivity index (χ1) is 10.4. The molecule has 0 aliphatic carbocycles. The molecule has 0 aliphatic rings. The van der Waals surface area contributed by atoms with E-state index in [1.165, 1.54) is 11.3 Å². The molecule has 2 aromatic rings. The molecule has 0 fully saturated rings. The average Bonchev–Trinajstić information content (AvgIpc) is 2.82. The number of nitrogens with two attached hydrogens (primary N) is 1. The summed E-state index contributed by atoms with van der Waals surface area (Å²) in [5.41, 5.74) is 7.72. The van der Waals surface area contributed by atoms with Gasteiger partial charge in [-0.05, 0) is 44.4 Å². The number of nitrogens with zero attached hydrogens (tertiary/aromatic N) is 1. The normalized spacial score (nSPS) is 10.5. The molecule has 3 N–H and O–H groups in total. The highest BCUT2D eigenvalue weighted by molar-refractivity contribution is 7.13. The van der Waals surface area contributed by atoms with Gasteiger partial charge in [0.15, 0.2) is 0 Å². The first-order valence-corrected chi connectivity index (χ1v) is 7.92. The number of thiazole rings is 1. The lowest BCUT2D eigenvalue weighted by molar-refractivity contribution is 0.0996. The second-order valence-corrected chi connectivity index (χ2v) is 6.15. The standard InChI is InChI=1S/C16H19N3O2S/c1-4-6-13-18-10(3)14(22-13)16(21)19-12-8-5-7-11(9(12)2)15(17)20/h5,7-8H,4,6H2,1-3H3,(H2,17,20)(H,19,21). The van der Waals surface area contributed by atoms with Crippen LogP contribution in [0, 0.1) is 13.8 Å². The minimum Gasteiger partial charge on any atom is -0.366 e. The molecule has 0 atom stereocenters. The van der Waals surface area contributed by atoms with Crippen molar-refractivity contribution in [2.75, 3.05) is 5.32 Å². The van der Waals surface area contributed by atoms with Crippen LogP contribution in [0.15, 0.2) is 18.2 Å². The Hall–Kier alpha value is -2.21. The molecule has 116 valence electrons. The number of hydrogen-bond donors (Lipinski definition) is 2. The first kappa shape index (κ1) is 16.2. The van der Waals surface area contributed by atoms with E-state index in [0.717, 1.165) is 23.5 Å². The number of hydrogen-bond acceptors (Lipinski definition) is 4. The van der Waals surface area contributed by atoms with E-state index < -0.39 is 5.91 Å². The van der Waals surface area contributed by atoms with E-state index in [2.05, 4.69) is 17.2 Å². The molecular formula is C16H19N3O2S. The predicted molar refractivity (Wildman–Crippen MR) is 88.5 cm³/mol. The Bertz CT molecular complexity index is 722. The van der Waals surface area contributed by atoms with Crippen molar-refractivity contribution < 1.29 is 9.59 Å². The van der Waals surface area contributed by atoms with Crippen LogP contribution in [0.5, 0.6) is 0 Å². The van der Waals surface area contributed by atoms with Gasteiger partial charge in [0.1, 0.15) is 4.88 Å². The first-order valence-electron chi connectivity index (χ1n) is 7.11. The average molecular weight is 317 g/mol. The molecular weight excluding hydrogens is 298 g/mol. The fourth-order valence-corrected chi connectivity index (χ4v) is 3.26. The number of benzene rings is 1. The van der Waals surface area contributed by atoms with Gasteiger partial charge in [-0.1, -0.05) is 13.0 Å². The van der Waals surface area contributed by atoms with Crippen LogP contribution in [-0.4, -0.2) is 16.8 Å². The number of primary amides is 1. The quantitative estimate of drug-likeness (QED) is 0.888. The van der Waals surface area contributed by atoms with Gasteiger partial charge in [0.05, 0.1) is 10.7 Å². The maximum absolute atomic E-state index is 12.4. The predicted octanol–water partition coefficient (Wildman–Crippen LogP) is 3.06. The summed E-state index contributed by atoms with van der Waals surface area (Å²) in [6, 6.07) is 5.10. The van der Waals surface area contributed by atoms with Crippen molar-refractivity contribution in [2.24, 2.45) is 5.73 Å². The minimum absolute atomic E-state index is 0.206. The van der Waals surface area contributed by atoms with Crippen LogP contribution < -0.4 is 11.1 Å². The lowest BCUT2D eigenvalue weighted by Gasteiger charge is -2.10. The molecule has 1 aromatic carbocycles. The monoisotopic (exact) mass is 317 g/mol. The van der Waals surface area contributed by atoms with Gasteiger partial charge >= 0.3 is 0 Å². The van der Waals surface area contributed by atoms with Crippen molar-refractivity contribution in [1.29, 1.82) is 0 Å². The van der Waals surface area contributed by atoms with Crippen LogP contribution in [0.4, 0.5) is 5.69 Å². The van der Waals surface area contributed by atoms with Crippen molar-refractivity contribution in [3.05, 3.63) is 44.9 Å². The highest BCUT2D eigenvalue weighted by atomic mass is 32.1. The molecule has 1 aromatic heterocycles. The van der Waals surface area contributed by atoms with Gasteiger partial charge in [-0.15, -0.1) is 11.3 Å². The third-order valence-corrected chi connectivity index (χ3v) is 4.57. The number of aryl methyl sites for hydroxylation is 2. The number of amides is 2. The van der Waals surface area contributed by atoms with Gasteiger partial charge in [0.25, 0.3) is 5.91 Å². The Morgan fingerprint density at radius 1 is 1.32 bits per heavy atom. The Morgan fingerprint density at radius 3 is 2.68 bits per heavy atom. The zero-order valence-corrected chi connectivity index (χ0v) is 13.7. The summed E-state index contributed by atoms with van der Waals surface area (Å²) in [5.74, 6) is -0.713. The fraction of sp³-hybridized carbons (Fsp3) is 0.312. The lowest BCUT2D eigenvalue weighted by Crippen LogP contribution is -2.16. The molecule has 2 rings (SSSR count). The second-order valence-electron chi connectivity index (χ2n) is 5.07. The molecule has 5 nitrogen and oxygen atoms in total. The highest BCUT2D eigenvalue weighted by Crippen LogP contribution is 2.23. The summed E-state index contributed by atoms with van der Waals surface area (Å²) in [7, 11) is 0. The van der Waals surface area contributed by atoms with Gasteiger partial charge in [0.2, 0.25) is 5.91 Å². The van der Waals surface area contributed by atoms with Crippen LogP contribution in [-0.2, 0) is 6.42 Å². The molecule has 1 heterocycles. The van der Waals surface area contributed by atoms with Crippen LogP contribution in [0.2, 0.25) is 0 Å².